The zero-order valence-corrected chi connectivity index (χ0v) is 14.3. The number of carbonyl (C=O) groups is 1. The van der Waals surface area contributed by atoms with Crippen LogP contribution in [0.4, 0.5) is 0 Å². The van der Waals surface area contributed by atoms with Crippen LogP contribution in [0.2, 0.25) is 0 Å². The summed E-state index contributed by atoms with van der Waals surface area (Å²) in [5.74, 6) is 1.24. The van der Waals surface area contributed by atoms with E-state index in [4.69, 9.17) is 0 Å². The number of hydrogen-bond acceptors (Lipinski definition) is 3. The van der Waals surface area contributed by atoms with Crippen molar-refractivity contribution in [3.8, 4) is 0 Å². The summed E-state index contributed by atoms with van der Waals surface area (Å²) < 4.78 is 0. The number of carbonyl (C=O) groups excluding carboxylic acids is 1. The van der Waals surface area contributed by atoms with Gasteiger partial charge >= 0.3 is 0 Å². The van der Waals surface area contributed by atoms with Crippen LogP contribution in [-0.4, -0.2) is 60.0 Å². The number of hydrogen-bond donors (Lipinski definition) is 1. The van der Waals surface area contributed by atoms with Gasteiger partial charge in [-0.3, -0.25) is 9.69 Å². The Bertz CT molecular complexity index is 323. The molecule has 0 spiro atoms. The van der Waals surface area contributed by atoms with Crippen molar-refractivity contribution in [2.45, 2.75) is 71.5 Å². The Morgan fingerprint density at radius 1 is 1.10 bits per heavy atom. The van der Waals surface area contributed by atoms with Crippen molar-refractivity contribution in [1.82, 2.24) is 15.1 Å². The molecule has 1 saturated heterocycles. The molecule has 0 radical (unpaired) electrons. The third-order valence-electron chi connectivity index (χ3n) is 4.74. The molecule has 0 atom stereocenters. The molecule has 4 heteroatoms. The molecule has 0 unspecified atom stereocenters. The molecule has 0 aromatic carbocycles. The lowest BCUT2D eigenvalue weighted by Gasteiger charge is -2.36. The van der Waals surface area contributed by atoms with Crippen molar-refractivity contribution in [3.05, 3.63) is 0 Å². The number of piperidine rings is 1. The number of nitrogens with one attached hydrogen (secondary N) is 1. The summed E-state index contributed by atoms with van der Waals surface area (Å²) >= 11 is 0. The van der Waals surface area contributed by atoms with E-state index in [9.17, 15) is 4.79 Å². The van der Waals surface area contributed by atoms with Gasteiger partial charge in [-0.2, -0.15) is 0 Å². The second kappa shape index (κ2) is 7.59. The molecule has 1 amide bonds. The van der Waals surface area contributed by atoms with Gasteiger partial charge in [0.05, 0.1) is 6.54 Å². The third-order valence-corrected chi connectivity index (χ3v) is 4.74. The first-order chi connectivity index (χ1) is 9.97. The Balaban J connectivity index is 1.70. The average molecular weight is 295 g/mol. The van der Waals surface area contributed by atoms with Crippen molar-refractivity contribution in [3.63, 3.8) is 0 Å². The van der Waals surface area contributed by atoms with Crippen LogP contribution in [0.3, 0.4) is 0 Å². The molecule has 0 bridgehead atoms. The summed E-state index contributed by atoms with van der Waals surface area (Å²) in [6.45, 7) is 12.3. The van der Waals surface area contributed by atoms with E-state index < -0.39 is 0 Å². The van der Waals surface area contributed by atoms with E-state index in [2.05, 4.69) is 37.9 Å². The maximum atomic E-state index is 12.5. The zero-order chi connectivity index (χ0) is 15.4. The Labute approximate surface area is 130 Å². The highest BCUT2D eigenvalue weighted by molar-refractivity contribution is 5.78. The molecule has 0 aromatic rings. The largest absolute Gasteiger partial charge is 0.337 e. The fourth-order valence-corrected chi connectivity index (χ4v) is 3.40. The van der Waals surface area contributed by atoms with E-state index in [1.165, 1.54) is 32.2 Å². The van der Waals surface area contributed by atoms with Crippen LogP contribution in [0.15, 0.2) is 0 Å². The Morgan fingerprint density at radius 2 is 1.67 bits per heavy atom. The molecular weight excluding hydrogens is 262 g/mol. The van der Waals surface area contributed by atoms with E-state index in [0.29, 0.717) is 12.6 Å². The number of amides is 1. The highest BCUT2D eigenvalue weighted by Gasteiger charge is 2.27. The predicted octanol–water partition coefficient (Wildman–Crippen LogP) is 2.10. The van der Waals surface area contributed by atoms with Gasteiger partial charge < -0.3 is 10.2 Å². The molecule has 21 heavy (non-hydrogen) atoms. The van der Waals surface area contributed by atoms with Crippen molar-refractivity contribution in [1.29, 1.82) is 0 Å². The van der Waals surface area contributed by atoms with Gasteiger partial charge in [0.1, 0.15) is 0 Å². The van der Waals surface area contributed by atoms with Gasteiger partial charge in [0.2, 0.25) is 5.91 Å². The molecule has 1 N–H and O–H groups in total. The molecule has 2 fully saturated rings. The Morgan fingerprint density at radius 3 is 2.14 bits per heavy atom. The quantitative estimate of drug-likeness (QED) is 0.781. The molecule has 1 heterocycles. The second-order valence-corrected chi connectivity index (χ2v) is 7.39. The minimum atomic E-state index is 0.282. The van der Waals surface area contributed by atoms with Gasteiger partial charge in [0.25, 0.3) is 0 Å². The lowest BCUT2D eigenvalue weighted by atomic mass is 10.0. The number of rotatable bonds is 7. The fraction of sp³-hybridized carbons (Fsp3) is 0.941. The van der Waals surface area contributed by atoms with E-state index in [1.54, 1.807) is 0 Å². The smallest absolute Gasteiger partial charge is 0.237 e. The van der Waals surface area contributed by atoms with Gasteiger partial charge in [-0.1, -0.05) is 0 Å². The maximum absolute atomic E-state index is 12.5. The van der Waals surface area contributed by atoms with Crippen molar-refractivity contribution in [2.24, 2.45) is 5.92 Å². The highest BCUT2D eigenvalue weighted by atomic mass is 16.2. The van der Waals surface area contributed by atoms with Crippen LogP contribution in [-0.2, 0) is 4.79 Å². The van der Waals surface area contributed by atoms with Crippen LogP contribution in [0, 0.1) is 5.92 Å². The molecule has 0 aromatic heterocycles. The molecule has 2 rings (SSSR count). The number of nitrogens with zero attached hydrogens (tertiary/aromatic N) is 2. The monoisotopic (exact) mass is 295 g/mol. The lowest BCUT2D eigenvalue weighted by molar-refractivity contribution is -0.136. The molecule has 1 saturated carbocycles. The van der Waals surface area contributed by atoms with Gasteiger partial charge in [-0.15, -0.1) is 0 Å². The van der Waals surface area contributed by atoms with Gasteiger partial charge in [0, 0.05) is 31.2 Å². The Kier molecular flexibility index (Phi) is 6.06. The zero-order valence-electron chi connectivity index (χ0n) is 14.3. The third kappa shape index (κ3) is 5.26. The van der Waals surface area contributed by atoms with Gasteiger partial charge in [-0.05, 0) is 65.8 Å². The summed E-state index contributed by atoms with van der Waals surface area (Å²) in [5, 5.41) is 3.69. The molecule has 2 aliphatic rings. The van der Waals surface area contributed by atoms with Crippen molar-refractivity contribution in [2.75, 3.05) is 26.2 Å². The molecule has 122 valence electrons. The van der Waals surface area contributed by atoms with Crippen LogP contribution >= 0.6 is 0 Å². The topological polar surface area (TPSA) is 35.6 Å². The van der Waals surface area contributed by atoms with Gasteiger partial charge in [0.15, 0.2) is 0 Å². The summed E-state index contributed by atoms with van der Waals surface area (Å²) in [4.78, 5) is 16.8. The molecule has 1 aliphatic carbocycles. The van der Waals surface area contributed by atoms with E-state index in [-0.39, 0.29) is 18.0 Å². The first kappa shape index (κ1) is 16.8. The SMILES string of the molecule is CC(C)N(C(=O)CN1CCC(NCC2CC2)CC1)C(C)C. The standard InChI is InChI=1S/C17H33N3O/c1-13(2)20(14(3)4)17(21)12-19-9-7-16(8-10-19)18-11-15-5-6-15/h13-16,18H,5-12H2,1-4H3. The second-order valence-electron chi connectivity index (χ2n) is 7.39. The maximum Gasteiger partial charge on any atom is 0.237 e. The first-order valence-corrected chi connectivity index (χ1v) is 8.74. The molecule has 4 nitrogen and oxygen atoms in total. The predicted molar refractivity (Wildman–Crippen MR) is 87.3 cm³/mol. The summed E-state index contributed by atoms with van der Waals surface area (Å²) in [5.41, 5.74) is 0. The highest BCUT2D eigenvalue weighted by Crippen LogP contribution is 2.28. The Hall–Kier alpha value is -0.610. The molecule has 1 aliphatic heterocycles. The fourth-order valence-electron chi connectivity index (χ4n) is 3.40. The van der Waals surface area contributed by atoms with Crippen molar-refractivity contribution < 1.29 is 4.79 Å². The minimum Gasteiger partial charge on any atom is -0.337 e. The minimum absolute atomic E-state index is 0.282. The molecular formula is C17H33N3O. The normalized spacial score (nSPS) is 21.2. The van der Waals surface area contributed by atoms with Crippen LogP contribution in [0.1, 0.15) is 53.4 Å². The van der Waals surface area contributed by atoms with Crippen LogP contribution in [0.5, 0.6) is 0 Å². The van der Waals surface area contributed by atoms with Gasteiger partial charge in [-0.25, -0.2) is 0 Å². The van der Waals surface area contributed by atoms with E-state index in [0.717, 1.165) is 19.0 Å². The average Bonchev–Trinajstić information content (AvgIpc) is 3.21. The van der Waals surface area contributed by atoms with Crippen LogP contribution in [0.25, 0.3) is 0 Å². The summed E-state index contributed by atoms with van der Waals surface area (Å²) in [6.07, 6.45) is 5.20. The van der Waals surface area contributed by atoms with E-state index >= 15 is 0 Å². The number of likely N-dealkylation sites (tertiary alicyclic amines) is 1. The lowest BCUT2D eigenvalue weighted by Crippen LogP contribution is -2.50. The van der Waals surface area contributed by atoms with Crippen LogP contribution < -0.4 is 5.32 Å². The summed E-state index contributed by atoms with van der Waals surface area (Å²) in [6, 6.07) is 1.24. The van der Waals surface area contributed by atoms with E-state index in [1.807, 2.05) is 4.90 Å². The first-order valence-electron chi connectivity index (χ1n) is 8.74. The summed E-state index contributed by atoms with van der Waals surface area (Å²) in [7, 11) is 0. The van der Waals surface area contributed by atoms with Crippen molar-refractivity contribution >= 4 is 5.91 Å².